The van der Waals surface area contributed by atoms with Gasteiger partial charge in [0.25, 0.3) is 0 Å². The average Bonchev–Trinajstić information content (AvgIpc) is 2.54. The Hall–Kier alpha value is -1.06. The summed E-state index contributed by atoms with van der Waals surface area (Å²) in [6.07, 6.45) is 5.06. The van der Waals surface area contributed by atoms with Crippen LogP contribution in [0.2, 0.25) is 0 Å². The van der Waals surface area contributed by atoms with Crippen LogP contribution in [0.3, 0.4) is 0 Å². The summed E-state index contributed by atoms with van der Waals surface area (Å²) in [5.74, 6) is 0.609. The number of anilines is 1. The second kappa shape index (κ2) is 6.37. The van der Waals surface area contributed by atoms with Crippen LogP contribution in [0.4, 0.5) is 5.69 Å². The van der Waals surface area contributed by atoms with Gasteiger partial charge in [-0.05, 0) is 68.4 Å². The molecule has 0 saturated carbocycles. The van der Waals surface area contributed by atoms with E-state index in [0.717, 1.165) is 13.1 Å². The van der Waals surface area contributed by atoms with Crippen molar-refractivity contribution in [3.63, 3.8) is 0 Å². The van der Waals surface area contributed by atoms with Crippen molar-refractivity contribution in [2.45, 2.75) is 38.6 Å². The van der Waals surface area contributed by atoms with Crippen LogP contribution in [0.15, 0.2) is 18.2 Å². The highest BCUT2D eigenvalue weighted by Crippen LogP contribution is 2.37. The Morgan fingerprint density at radius 1 is 1.24 bits per heavy atom. The first-order chi connectivity index (χ1) is 10.2. The van der Waals surface area contributed by atoms with Gasteiger partial charge in [0.15, 0.2) is 0 Å². The second-order valence-electron chi connectivity index (χ2n) is 6.62. The Balaban J connectivity index is 1.93. The molecule has 3 rings (SSSR count). The van der Waals surface area contributed by atoms with Gasteiger partial charge in [-0.3, -0.25) is 4.90 Å². The molecule has 0 aromatic heterocycles. The van der Waals surface area contributed by atoms with Crippen molar-refractivity contribution in [3.8, 4) is 0 Å². The fourth-order valence-electron chi connectivity index (χ4n) is 4.23. The van der Waals surface area contributed by atoms with E-state index in [1.54, 1.807) is 0 Å². The van der Waals surface area contributed by atoms with E-state index in [1.165, 1.54) is 55.6 Å². The number of fused-ring (bicyclic) bond motifs is 1. The second-order valence-corrected chi connectivity index (χ2v) is 6.62. The van der Waals surface area contributed by atoms with Crippen LogP contribution in [0.25, 0.3) is 0 Å². The van der Waals surface area contributed by atoms with E-state index in [9.17, 15) is 0 Å². The average molecular weight is 287 g/mol. The predicted octanol–water partition coefficient (Wildman–Crippen LogP) is 2.80. The molecule has 2 unspecified atom stereocenters. The highest BCUT2D eigenvalue weighted by Gasteiger charge is 2.31. The quantitative estimate of drug-likeness (QED) is 0.928. The molecule has 2 N–H and O–H groups in total. The molecule has 2 aliphatic rings. The van der Waals surface area contributed by atoms with Crippen molar-refractivity contribution < 1.29 is 0 Å². The van der Waals surface area contributed by atoms with Crippen molar-refractivity contribution in [2.24, 2.45) is 11.7 Å². The van der Waals surface area contributed by atoms with Gasteiger partial charge in [-0.1, -0.05) is 19.1 Å². The third kappa shape index (κ3) is 2.82. The van der Waals surface area contributed by atoms with Crippen LogP contribution in [-0.2, 0) is 6.42 Å². The number of nitrogens with zero attached hydrogens (tertiary/aromatic N) is 2. The van der Waals surface area contributed by atoms with E-state index in [-0.39, 0.29) is 0 Å². The zero-order valence-electron chi connectivity index (χ0n) is 13.5. The third-order valence-corrected chi connectivity index (χ3v) is 5.37. The minimum absolute atomic E-state index is 0.520. The minimum Gasteiger partial charge on any atom is -0.374 e. The van der Waals surface area contributed by atoms with Gasteiger partial charge in [0, 0.05) is 25.3 Å². The third-order valence-electron chi connectivity index (χ3n) is 5.37. The number of benzene rings is 1. The zero-order chi connectivity index (χ0) is 14.8. The number of hydrogen-bond donors (Lipinski definition) is 1. The highest BCUT2D eigenvalue weighted by atomic mass is 15.2. The molecular formula is C18H29N3. The molecule has 1 aromatic carbocycles. The van der Waals surface area contributed by atoms with Crippen LogP contribution >= 0.6 is 0 Å². The lowest BCUT2D eigenvalue weighted by atomic mass is 9.83. The van der Waals surface area contributed by atoms with Crippen molar-refractivity contribution in [2.75, 3.05) is 38.1 Å². The summed E-state index contributed by atoms with van der Waals surface area (Å²) in [6, 6.07) is 7.67. The van der Waals surface area contributed by atoms with E-state index in [0.29, 0.717) is 12.0 Å². The highest BCUT2D eigenvalue weighted by molar-refractivity contribution is 5.56. The van der Waals surface area contributed by atoms with E-state index in [1.807, 2.05) is 0 Å². The van der Waals surface area contributed by atoms with Crippen LogP contribution in [-0.4, -0.2) is 38.1 Å². The summed E-state index contributed by atoms with van der Waals surface area (Å²) in [5, 5.41) is 0. The molecule has 0 radical (unpaired) electrons. The van der Waals surface area contributed by atoms with Gasteiger partial charge in [-0.2, -0.15) is 0 Å². The van der Waals surface area contributed by atoms with E-state index in [2.05, 4.69) is 42.0 Å². The Bertz CT molecular complexity index is 473. The van der Waals surface area contributed by atoms with Crippen LogP contribution in [0.5, 0.6) is 0 Å². The lowest BCUT2D eigenvalue weighted by molar-refractivity contribution is 0.102. The first kappa shape index (κ1) is 14.9. The summed E-state index contributed by atoms with van der Waals surface area (Å²) in [5.41, 5.74) is 10.5. The van der Waals surface area contributed by atoms with E-state index < -0.39 is 0 Å². The topological polar surface area (TPSA) is 32.5 Å². The molecule has 21 heavy (non-hydrogen) atoms. The van der Waals surface area contributed by atoms with Gasteiger partial charge in [-0.25, -0.2) is 0 Å². The molecule has 0 spiro atoms. The minimum atomic E-state index is 0.520. The summed E-state index contributed by atoms with van der Waals surface area (Å²) in [4.78, 5) is 5.01. The summed E-state index contributed by atoms with van der Waals surface area (Å²) in [6.45, 7) is 6.60. The maximum absolute atomic E-state index is 6.07. The molecule has 3 heteroatoms. The Morgan fingerprint density at radius 3 is 2.86 bits per heavy atom. The fraction of sp³-hybridized carbons (Fsp3) is 0.667. The molecule has 2 atom stereocenters. The van der Waals surface area contributed by atoms with Crippen molar-refractivity contribution >= 4 is 5.69 Å². The Labute approximate surface area is 129 Å². The molecule has 0 aliphatic carbocycles. The standard InChI is InChI=1S/C18H29N3/c1-3-21-11-5-7-16(13-19)18(21)15-8-9-17-14(12-15)6-4-10-20(17)2/h8-9,12,16,18H,3-7,10-11,13,19H2,1-2H3. The molecule has 116 valence electrons. The first-order valence-corrected chi connectivity index (χ1v) is 8.52. The maximum atomic E-state index is 6.07. The van der Waals surface area contributed by atoms with Crippen LogP contribution in [0, 0.1) is 5.92 Å². The zero-order valence-corrected chi connectivity index (χ0v) is 13.5. The molecule has 1 aromatic rings. The normalized spacial score (nSPS) is 26.7. The first-order valence-electron chi connectivity index (χ1n) is 8.52. The van der Waals surface area contributed by atoms with Gasteiger partial charge >= 0.3 is 0 Å². The van der Waals surface area contributed by atoms with Gasteiger partial charge in [0.05, 0.1) is 0 Å². The smallest absolute Gasteiger partial charge is 0.0396 e. The lowest BCUT2D eigenvalue weighted by Crippen LogP contribution is -2.41. The largest absolute Gasteiger partial charge is 0.374 e. The monoisotopic (exact) mass is 287 g/mol. The van der Waals surface area contributed by atoms with E-state index >= 15 is 0 Å². The molecular weight excluding hydrogens is 258 g/mol. The van der Waals surface area contributed by atoms with Crippen molar-refractivity contribution in [1.82, 2.24) is 4.90 Å². The summed E-state index contributed by atoms with van der Waals surface area (Å²) >= 11 is 0. The van der Waals surface area contributed by atoms with Gasteiger partial charge < -0.3 is 10.6 Å². The number of piperidine rings is 1. The number of rotatable bonds is 3. The van der Waals surface area contributed by atoms with E-state index in [4.69, 9.17) is 5.73 Å². The molecule has 2 heterocycles. The summed E-state index contributed by atoms with van der Waals surface area (Å²) < 4.78 is 0. The maximum Gasteiger partial charge on any atom is 0.0396 e. The van der Waals surface area contributed by atoms with Gasteiger partial charge in [0.2, 0.25) is 0 Å². The molecule has 1 saturated heterocycles. The molecule has 2 aliphatic heterocycles. The molecule has 0 bridgehead atoms. The Morgan fingerprint density at radius 2 is 2.10 bits per heavy atom. The molecule has 1 fully saturated rings. The van der Waals surface area contributed by atoms with Crippen molar-refractivity contribution in [3.05, 3.63) is 29.3 Å². The summed E-state index contributed by atoms with van der Waals surface area (Å²) in [7, 11) is 2.21. The van der Waals surface area contributed by atoms with Gasteiger partial charge in [-0.15, -0.1) is 0 Å². The molecule has 0 amide bonds. The number of aryl methyl sites for hydroxylation is 1. The Kier molecular flexibility index (Phi) is 4.51. The fourth-order valence-corrected chi connectivity index (χ4v) is 4.23. The number of hydrogen-bond acceptors (Lipinski definition) is 3. The lowest BCUT2D eigenvalue weighted by Gasteiger charge is -2.41. The van der Waals surface area contributed by atoms with Gasteiger partial charge in [0.1, 0.15) is 0 Å². The number of nitrogens with two attached hydrogens (primary N) is 1. The molecule has 3 nitrogen and oxygen atoms in total. The number of likely N-dealkylation sites (tertiary alicyclic amines) is 1. The van der Waals surface area contributed by atoms with Crippen molar-refractivity contribution in [1.29, 1.82) is 0 Å². The van der Waals surface area contributed by atoms with Crippen LogP contribution < -0.4 is 10.6 Å². The SMILES string of the molecule is CCN1CCCC(CN)C1c1ccc2c(c1)CCCN2C. The predicted molar refractivity (Wildman–Crippen MR) is 89.8 cm³/mol. The van der Waals surface area contributed by atoms with Crippen LogP contribution in [0.1, 0.15) is 43.4 Å².